The Kier molecular flexibility index (Phi) is 5.72. The summed E-state index contributed by atoms with van der Waals surface area (Å²) < 4.78 is 48.7. The maximum Gasteiger partial charge on any atom is 0.417 e. The smallest absolute Gasteiger partial charge is 0.340 e. The number of amides is 1. The number of hydrogen-bond acceptors (Lipinski definition) is 5. The van der Waals surface area contributed by atoms with Crippen LogP contribution in [0.3, 0.4) is 0 Å². The number of aryl methyl sites for hydroxylation is 1. The van der Waals surface area contributed by atoms with Gasteiger partial charge in [0, 0.05) is 36.6 Å². The van der Waals surface area contributed by atoms with Gasteiger partial charge < -0.3 is 9.42 Å². The fourth-order valence-electron chi connectivity index (χ4n) is 4.35. The Morgan fingerprint density at radius 2 is 2.03 bits per heavy atom. The molecule has 0 spiro atoms. The lowest BCUT2D eigenvalue weighted by molar-refractivity contribution is -0.137. The van der Waals surface area contributed by atoms with Crippen molar-refractivity contribution in [3.05, 3.63) is 41.0 Å². The molecule has 0 radical (unpaired) electrons. The molecule has 4 heterocycles. The van der Waals surface area contributed by atoms with E-state index in [2.05, 4.69) is 15.2 Å². The van der Waals surface area contributed by atoms with Crippen molar-refractivity contribution in [2.45, 2.75) is 64.6 Å². The van der Waals surface area contributed by atoms with Gasteiger partial charge in [-0.1, -0.05) is 19.0 Å². The predicted molar refractivity (Wildman–Crippen MR) is 111 cm³/mol. The van der Waals surface area contributed by atoms with E-state index in [1.807, 2.05) is 13.0 Å². The first-order valence-electron chi connectivity index (χ1n) is 10.7. The lowest BCUT2D eigenvalue weighted by Crippen LogP contribution is -2.42. The van der Waals surface area contributed by atoms with Crippen LogP contribution in [0.2, 0.25) is 0 Å². The predicted octanol–water partition coefficient (Wildman–Crippen LogP) is 4.84. The number of halogens is 3. The number of aromatic nitrogens is 4. The van der Waals surface area contributed by atoms with E-state index in [0.29, 0.717) is 25.1 Å². The Bertz CT molecular complexity index is 1130. The number of carbonyl (C=O) groups is 1. The molecule has 0 saturated carbocycles. The highest BCUT2D eigenvalue weighted by Gasteiger charge is 2.39. The number of pyridine rings is 1. The van der Waals surface area contributed by atoms with Crippen LogP contribution in [0.5, 0.6) is 0 Å². The number of carbonyl (C=O) groups excluding carboxylic acids is 1. The SMILES string of the molecule is Cc1ccnn1[C@@H](C)C(=O)N1CCC[C@@H](c2noc3nc(C(C)C)cc(C(F)(F)F)c23)C1. The van der Waals surface area contributed by atoms with Gasteiger partial charge in [-0.15, -0.1) is 0 Å². The first-order valence-corrected chi connectivity index (χ1v) is 10.7. The van der Waals surface area contributed by atoms with Crippen molar-refractivity contribution in [3.8, 4) is 0 Å². The molecule has 0 aliphatic carbocycles. The zero-order chi connectivity index (χ0) is 23.2. The van der Waals surface area contributed by atoms with Crippen molar-refractivity contribution in [2.75, 3.05) is 13.1 Å². The normalized spacial score (nSPS) is 18.5. The van der Waals surface area contributed by atoms with Gasteiger partial charge in [-0.05, 0) is 44.7 Å². The van der Waals surface area contributed by atoms with Crippen molar-refractivity contribution in [2.24, 2.45) is 0 Å². The topological polar surface area (TPSA) is 77.0 Å². The molecule has 0 bridgehead atoms. The zero-order valence-corrected chi connectivity index (χ0v) is 18.5. The summed E-state index contributed by atoms with van der Waals surface area (Å²) in [5, 5.41) is 8.11. The minimum absolute atomic E-state index is 0.0998. The third-order valence-electron chi connectivity index (χ3n) is 6.10. The standard InChI is InChI=1S/C22H26F3N5O2/c1-12(2)17-10-16(22(23,24)25)18-19(28-32-20(18)27-17)15-6-5-9-29(11-15)21(31)14(4)30-13(3)7-8-26-30/h7-8,10,12,14-15H,5-6,9,11H2,1-4H3/t14-,15+/m0/s1. The van der Waals surface area contributed by atoms with Crippen molar-refractivity contribution in [1.82, 2.24) is 24.8 Å². The molecule has 1 saturated heterocycles. The van der Waals surface area contributed by atoms with E-state index in [9.17, 15) is 18.0 Å². The summed E-state index contributed by atoms with van der Waals surface area (Å²) in [5.74, 6) is -0.678. The molecule has 0 aromatic carbocycles. The van der Waals surface area contributed by atoms with E-state index in [-0.39, 0.29) is 41.1 Å². The summed E-state index contributed by atoms with van der Waals surface area (Å²) in [7, 11) is 0. The Morgan fingerprint density at radius 1 is 1.28 bits per heavy atom. The largest absolute Gasteiger partial charge is 0.417 e. The Hall–Kier alpha value is -2.91. The molecule has 0 N–H and O–H groups in total. The molecule has 2 atom stereocenters. The highest BCUT2D eigenvalue weighted by molar-refractivity contribution is 5.83. The highest BCUT2D eigenvalue weighted by Crippen LogP contribution is 2.41. The van der Waals surface area contributed by atoms with Gasteiger partial charge in [-0.25, -0.2) is 4.98 Å². The fraction of sp³-hybridized carbons (Fsp3) is 0.545. The maximum atomic E-state index is 13.9. The minimum Gasteiger partial charge on any atom is -0.340 e. The van der Waals surface area contributed by atoms with Crippen molar-refractivity contribution in [1.29, 1.82) is 0 Å². The summed E-state index contributed by atoms with van der Waals surface area (Å²) in [5.41, 5.74) is 0.490. The average Bonchev–Trinajstić information content (AvgIpc) is 3.37. The number of hydrogen-bond donors (Lipinski definition) is 0. The first kappa shape index (κ1) is 22.3. The average molecular weight is 449 g/mol. The maximum absolute atomic E-state index is 13.9. The van der Waals surface area contributed by atoms with E-state index in [0.717, 1.165) is 11.8 Å². The number of likely N-dealkylation sites (tertiary alicyclic amines) is 1. The van der Waals surface area contributed by atoms with E-state index in [1.165, 1.54) is 0 Å². The Balaban J connectivity index is 1.67. The molecule has 32 heavy (non-hydrogen) atoms. The summed E-state index contributed by atoms with van der Waals surface area (Å²) >= 11 is 0. The second-order valence-corrected chi connectivity index (χ2v) is 8.71. The van der Waals surface area contributed by atoms with Gasteiger partial charge in [0.05, 0.1) is 16.6 Å². The number of rotatable bonds is 4. The molecule has 7 nitrogen and oxygen atoms in total. The molecular weight excluding hydrogens is 423 g/mol. The van der Waals surface area contributed by atoms with Crippen molar-refractivity contribution < 1.29 is 22.5 Å². The van der Waals surface area contributed by atoms with Gasteiger partial charge in [0.15, 0.2) is 0 Å². The minimum atomic E-state index is -4.57. The highest BCUT2D eigenvalue weighted by atomic mass is 19.4. The van der Waals surface area contributed by atoms with E-state index < -0.39 is 17.8 Å². The van der Waals surface area contributed by atoms with Crippen LogP contribution in [0.15, 0.2) is 22.9 Å². The number of nitrogens with zero attached hydrogens (tertiary/aromatic N) is 5. The van der Waals surface area contributed by atoms with E-state index >= 15 is 0 Å². The second kappa shape index (κ2) is 8.22. The van der Waals surface area contributed by atoms with Crippen LogP contribution < -0.4 is 0 Å². The van der Waals surface area contributed by atoms with Gasteiger partial charge in [0.25, 0.3) is 5.71 Å². The second-order valence-electron chi connectivity index (χ2n) is 8.71. The molecular formula is C22H26F3N5O2. The molecule has 3 aromatic heterocycles. The van der Waals surface area contributed by atoms with Crippen LogP contribution >= 0.6 is 0 Å². The summed E-state index contributed by atoms with van der Waals surface area (Å²) in [4.78, 5) is 19.1. The number of piperidine rings is 1. The molecule has 172 valence electrons. The van der Waals surface area contributed by atoms with Gasteiger partial charge in [0.1, 0.15) is 6.04 Å². The van der Waals surface area contributed by atoms with Crippen LogP contribution in [0.4, 0.5) is 13.2 Å². The number of fused-ring (bicyclic) bond motifs is 1. The first-order chi connectivity index (χ1) is 15.1. The monoisotopic (exact) mass is 449 g/mol. The lowest BCUT2D eigenvalue weighted by Gasteiger charge is -2.34. The van der Waals surface area contributed by atoms with Gasteiger partial charge >= 0.3 is 6.18 Å². The molecule has 1 aliphatic rings. The molecule has 3 aromatic rings. The molecule has 10 heteroatoms. The van der Waals surface area contributed by atoms with Crippen LogP contribution in [-0.2, 0) is 11.0 Å². The summed E-state index contributed by atoms with van der Waals surface area (Å²) in [6.45, 7) is 8.01. The van der Waals surface area contributed by atoms with Crippen LogP contribution in [0.1, 0.15) is 74.1 Å². The molecule has 1 amide bonds. The number of alkyl halides is 3. The summed E-state index contributed by atoms with van der Waals surface area (Å²) in [6, 6.07) is 2.41. The Morgan fingerprint density at radius 3 is 2.66 bits per heavy atom. The third-order valence-corrected chi connectivity index (χ3v) is 6.10. The quantitative estimate of drug-likeness (QED) is 0.570. The van der Waals surface area contributed by atoms with Crippen molar-refractivity contribution >= 4 is 17.0 Å². The van der Waals surface area contributed by atoms with E-state index in [1.54, 1.807) is 36.5 Å². The molecule has 1 fully saturated rings. The third kappa shape index (κ3) is 3.98. The van der Waals surface area contributed by atoms with Crippen LogP contribution in [0.25, 0.3) is 11.1 Å². The van der Waals surface area contributed by atoms with E-state index in [4.69, 9.17) is 4.52 Å². The molecule has 1 aliphatic heterocycles. The van der Waals surface area contributed by atoms with Gasteiger partial charge in [-0.3, -0.25) is 9.48 Å². The van der Waals surface area contributed by atoms with Crippen LogP contribution in [0, 0.1) is 6.92 Å². The summed E-state index contributed by atoms with van der Waals surface area (Å²) in [6.07, 6.45) is -1.66. The van der Waals surface area contributed by atoms with Gasteiger partial charge in [-0.2, -0.15) is 18.3 Å². The van der Waals surface area contributed by atoms with Crippen molar-refractivity contribution in [3.63, 3.8) is 0 Å². The fourth-order valence-corrected chi connectivity index (χ4v) is 4.35. The van der Waals surface area contributed by atoms with Crippen LogP contribution in [-0.4, -0.2) is 43.8 Å². The zero-order valence-electron chi connectivity index (χ0n) is 18.5. The van der Waals surface area contributed by atoms with Gasteiger partial charge in [0.2, 0.25) is 5.91 Å². The molecule has 0 unspecified atom stereocenters. The molecule has 4 rings (SSSR count). The Labute approximate surface area is 183 Å². The lowest BCUT2D eigenvalue weighted by atomic mass is 9.91.